The highest BCUT2D eigenvalue weighted by Crippen LogP contribution is 2.07. The molecule has 0 fully saturated rings. The molecule has 154 valence electrons. The van der Waals surface area contributed by atoms with E-state index in [0.29, 0.717) is 26.0 Å². The standard InChI is InChI=1S/C21H41NO4/c1-3-5-7-8-9-10-15-19-25-20(23)16-13-11-14-18-22-26-21(24)17-12-6-4-2/h22H,3-19H2,1-2H3. The lowest BCUT2D eigenvalue weighted by atomic mass is 10.1. The van der Waals surface area contributed by atoms with Crippen LogP contribution in [0.5, 0.6) is 0 Å². The van der Waals surface area contributed by atoms with Crippen molar-refractivity contribution in [3.63, 3.8) is 0 Å². The number of hydrogen-bond donors (Lipinski definition) is 1. The third-order valence-corrected chi connectivity index (χ3v) is 4.34. The number of esters is 1. The largest absolute Gasteiger partial charge is 0.466 e. The van der Waals surface area contributed by atoms with Gasteiger partial charge in [-0.2, -0.15) is 5.48 Å². The molecule has 0 saturated heterocycles. The van der Waals surface area contributed by atoms with Crippen LogP contribution in [-0.2, 0) is 19.2 Å². The molecule has 26 heavy (non-hydrogen) atoms. The summed E-state index contributed by atoms with van der Waals surface area (Å²) < 4.78 is 5.25. The Morgan fingerprint density at radius 3 is 1.92 bits per heavy atom. The van der Waals surface area contributed by atoms with Crippen molar-refractivity contribution in [1.82, 2.24) is 5.48 Å². The van der Waals surface area contributed by atoms with Gasteiger partial charge in [-0.15, -0.1) is 0 Å². The summed E-state index contributed by atoms with van der Waals surface area (Å²) in [4.78, 5) is 27.9. The first-order valence-corrected chi connectivity index (χ1v) is 10.8. The Kier molecular flexibility index (Phi) is 19.4. The summed E-state index contributed by atoms with van der Waals surface area (Å²) in [6, 6.07) is 0. The number of hydroxylamine groups is 1. The van der Waals surface area contributed by atoms with Gasteiger partial charge in [0.25, 0.3) is 0 Å². The molecule has 1 N–H and O–H groups in total. The maximum absolute atomic E-state index is 11.6. The minimum atomic E-state index is -0.188. The smallest absolute Gasteiger partial charge is 0.324 e. The van der Waals surface area contributed by atoms with E-state index in [1.165, 1.54) is 32.1 Å². The normalized spacial score (nSPS) is 10.7. The second-order valence-corrected chi connectivity index (χ2v) is 6.98. The predicted molar refractivity (Wildman–Crippen MR) is 106 cm³/mol. The van der Waals surface area contributed by atoms with Crippen LogP contribution in [-0.4, -0.2) is 25.1 Å². The lowest BCUT2D eigenvalue weighted by Crippen LogP contribution is -2.20. The molecule has 0 saturated carbocycles. The third kappa shape index (κ3) is 19.2. The minimum absolute atomic E-state index is 0.0914. The van der Waals surface area contributed by atoms with Crippen molar-refractivity contribution in [2.75, 3.05) is 13.2 Å². The van der Waals surface area contributed by atoms with Crippen LogP contribution in [0, 0.1) is 0 Å². The van der Waals surface area contributed by atoms with Gasteiger partial charge in [0.1, 0.15) is 0 Å². The molecule has 0 aliphatic heterocycles. The van der Waals surface area contributed by atoms with E-state index < -0.39 is 0 Å². The lowest BCUT2D eigenvalue weighted by molar-refractivity contribution is -0.151. The van der Waals surface area contributed by atoms with Gasteiger partial charge in [-0.05, 0) is 25.7 Å². The van der Waals surface area contributed by atoms with E-state index >= 15 is 0 Å². The first-order chi connectivity index (χ1) is 12.7. The maximum Gasteiger partial charge on any atom is 0.324 e. The quantitative estimate of drug-likeness (QED) is 0.185. The first-order valence-electron chi connectivity index (χ1n) is 10.8. The van der Waals surface area contributed by atoms with E-state index in [-0.39, 0.29) is 11.9 Å². The predicted octanol–water partition coefficient (Wildman–Crippen LogP) is 5.47. The maximum atomic E-state index is 11.6. The molecule has 0 spiro atoms. The monoisotopic (exact) mass is 371 g/mol. The van der Waals surface area contributed by atoms with Crippen molar-refractivity contribution in [1.29, 1.82) is 0 Å². The molecule has 0 aliphatic carbocycles. The molecule has 0 heterocycles. The summed E-state index contributed by atoms with van der Waals surface area (Å²) in [5, 5.41) is 0. The number of unbranched alkanes of at least 4 members (excludes halogenated alkanes) is 10. The number of hydrogen-bond acceptors (Lipinski definition) is 5. The minimum Gasteiger partial charge on any atom is -0.466 e. The fourth-order valence-corrected chi connectivity index (χ4v) is 2.66. The van der Waals surface area contributed by atoms with Gasteiger partial charge in [0.05, 0.1) is 6.61 Å². The fourth-order valence-electron chi connectivity index (χ4n) is 2.66. The zero-order valence-electron chi connectivity index (χ0n) is 17.2. The summed E-state index contributed by atoms with van der Waals surface area (Å²) in [5.74, 6) is -0.279. The van der Waals surface area contributed by atoms with Crippen molar-refractivity contribution >= 4 is 11.9 Å². The van der Waals surface area contributed by atoms with E-state index in [9.17, 15) is 9.59 Å². The van der Waals surface area contributed by atoms with Crippen molar-refractivity contribution < 1.29 is 19.2 Å². The molecule has 0 unspecified atom stereocenters. The van der Waals surface area contributed by atoms with Crippen LogP contribution >= 0.6 is 0 Å². The Labute approximate surface area is 160 Å². The molecule has 0 aliphatic rings. The van der Waals surface area contributed by atoms with Crippen molar-refractivity contribution in [2.24, 2.45) is 0 Å². The van der Waals surface area contributed by atoms with Gasteiger partial charge in [0.2, 0.25) is 0 Å². The molecule has 0 aromatic heterocycles. The van der Waals surface area contributed by atoms with Crippen LogP contribution in [0.25, 0.3) is 0 Å². The van der Waals surface area contributed by atoms with E-state index in [4.69, 9.17) is 9.57 Å². The zero-order chi connectivity index (χ0) is 19.3. The second-order valence-electron chi connectivity index (χ2n) is 6.98. The van der Waals surface area contributed by atoms with Crippen molar-refractivity contribution in [3.8, 4) is 0 Å². The average Bonchev–Trinajstić information content (AvgIpc) is 2.63. The van der Waals surface area contributed by atoms with Crippen LogP contribution in [0.3, 0.4) is 0 Å². The Morgan fingerprint density at radius 2 is 1.19 bits per heavy atom. The van der Waals surface area contributed by atoms with Crippen LogP contribution in [0.4, 0.5) is 0 Å². The highest BCUT2D eigenvalue weighted by molar-refractivity contribution is 5.69. The Hall–Kier alpha value is -1.10. The molecule has 0 atom stereocenters. The summed E-state index contributed by atoms with van der Waals surface area (Å²) in [6.45, 7) is 5.52. The van der Waals surface area contributed by atoms with Gasteiger partial charge in [-0.25, -0.2) is 0 Å². The van der Waals surface area contributed by atoms with Crippen molar-refractivity contribution in [3.05, 3.63) is 0 Å². The lowest BCUT2D eigenvalue weighted by Gasteiger charge is -2.06. The number of carbonyl (C=O) groups is 2. The highest BCUT2D eigenvalue weighted by Gasteiger charge is 2.04. The molecular weight excluding hydrogens is 330 g/mol. The SMILES string of the molecule is CCCCCCCCCOC(=O)CCCCCNOC(=O)CCCCC. The van der Waals surface area contributed by atoms with Gasteiger partial charge in [-0.1, -0.05) is 71.6 Å². The molecule has 0 radical (unpaired) electrons. The number of carbonyl (C=O) groups excluding carboxylic acids is 2. The second kappa shape index (κ2) is 20.2. The highest BCUT2D eigenvalue weighted by atomic mass is 16.7. The molecule has 0 rings (SSSR count). The molecule has 0 bridgehead atoms. The number of ether oxygens (including phenoxy) is 1. The number of rotatable bonds is 19. The third-order valence-electron chi connectivity index (χ3n) is 4.34. The summed E-state index contributed by atoms with van der Waals surface area (Å²) in [5.41, 5.74) is 2.70. The Balaban J connectivity index is 3.25. The van der Waals surface area contributed by atoms with Crippen LogP contribution < -0.4 is 5.48 Å². The average molecular weight is 372 g/mol. The van der Waals surface area contributed by atoms with Gasteiger partial charge in [-0.3, -0.25) is 9.59 Å². The molecule has 5 nitrogen and oxygen atoms in total. The van der Waals surface area contributed by atoms with E-state index in [2.05, 4.69) is 19.3 Å². The topological polar surface area (TPSA) is 64.6 Å². The van der Waals surface area contributed by atoms with Crippen LogP contribution in [0.15, 0.2) is 0 Å². The Morgan fingerprint density at radius 1 is 0.654 bits per heavy atom. The zero-order valence-corrected chi connectivity index (χ0v) is 17.2. The summed E-state index contributed by atoms with van der Waals surface area (Å²) in [6.07, 6.45) is 15.2. The van der Waals surface area contributed by atoms with E-state index in [1.54, 1.807) is 0 Å². The van der Waals surface area contributed by atoms with Crippen molar-refractivity contribution in [2.45, 2.75) is 110 Å². The molecular formula is C21H41NO4. The van der Waals surface area contributed by atoms with Gasteiger partial charge < -0.3 is 9.57 Å². The van der Waals surface area contributed by atoms with E-state index in [0.717, 1.165) is 51.4 Å². The summed E-state index contributed by atoms with van der Waals surface area (Å²) >= 11 is 0. The van der Waals surface area contributed by atoms with Gasteiger partial charge in [0.15, 0.2) is 0 Å². The number of nitrogens with one attached hydrogen (secondary N) is 1. The molecule has 5 heteroatoms. The van der Waals surface area contributed by atoms with Crippen LogP contribution in [0.1, 0.15) is 110 Å². The van der Waals surface area contributed by atoms with Gasteiger partial charge in [0, 0.05) is 19.4 Å². The fraction of sp³-hybridized carbons (Fsp3) is 0.905. The molecule has 0 aromatic carbocycles. The molecule has 0 amide bonds. The Bertz CT molecular complexity index is 334. The molecule has 0 aromatic rings. The van der Waals surface area contributed by atoms with E-state index in [1.807, 2.05) is 0 Å². The van der Waals surface area contributed by atoms with Crippen LogP contribution in [0.2, 0.25) is 0 Å². The first kappa shape index (κ1) is 24.9. The summed E-state index contributed by atoms with van der Waals surface area (Å²) in [7, 11) is 0. The van der Waals surface area contributed by atoms with Gasteiger partial charge >= 0.3 is 11.9 Å².